The number of halogens is 1. The highest BCUT2D eigenvalue weighted by Crippen LogP contribution is 2.34. The summed E-state index contributed by atoms with van der Waals surface area (Å²) in [4.78, 5) is 10.8. The van der Waals surface area contributed by atoms with Gasteiger partial charge in [0.25, 0.3) is 0 Å². The Morgan fingerprint density at radius 2 is 2.43 bits per heavy atom. The number of methoxy groups -OCH3 is 1. The van der Waals surface area contributed by atoms with Crippen molar-refractivity contribution in [2.24, 2.45) is 5.92 Å². The average molecular weight is 264 g/mol. The van der Waals surface area contributed by atoms with Gasteiger partial charge >= 0.3 is 5.97 Å². The summed E-state index contributed by atoms with van der Waals surface area (Å²) in [6.45, 7) is 2.87. The number of carbonyl (C=O) groups is 1. The van der Waals surface area contributed by atoms with Crippen molar-refractivity contribution < 1.29 is 9.53 Å². The number of alkyl halides is 1. The van der Waals surface area contributed by atoms with Gasteiger partial charge in [0.05, 0.1) is 7.11 Å². The van der Waals surface area contributed by atoms with E-state index in [0.29, 0.717) is 12.6 Å². The van der Waals surface area contributed by atoms with Crippen LogP contribution in [-0.4, -0.2) is 30.5 Å². The molecule has 0 aliphatic heterocycles. The number of rotatable bonds is 6. The van der Waals surface area contributed by atoms with Gasteiger partial charge in [-0.1, -0.05) is 29.3 Å². The highest BCUT2D eigenvalue weighted by molar-refractivity contribution is 9.10. The molecule has 1 fully saturated rings. The fourth-order valence-electron chi connectivity index (χ4n) is 1.65. The number of hydrogen-bond acceptors (Lipinski definition) is 3. The minimum atomic E-state index is -0.213. The van der Waals surface area contributed by atoms with Crippen LogP contribution in [0.25, 0.3) is 0 Å². The third-order valence-corrected chi connectivity index (χ3v) is 3.30. The second-order valence-corrected chi connectivity index (χ2v) is 4.90. The summed E-state index contributed by atoms with van der Waals surface area (Å²) in [5, 5.41) is 3.36. The Labute approximate surface area is 93.7 Å². The molecule has 14 heavy (non-hydrogen) atoms. The predicted molar refractivity (Wildman–Crippen MR) is 59.5 cm³/mol. The van der Waals surface area contributed by atoms with Gasteiger partial charge in [0.2, 0.25) is 0 Å². The summed E-state index contributed by atoms with van der Waals surface area (Å²) >= 11 is 3.28. The highest BCUT2D eigenvalue weighted by atomic mass is 79.9. The first-order chi connectivity index (χ1) is 6.69. The molecule has 1 rings (SSSR count). The lowest BCUT2D eigenvalue weighted by Crippen LogP contribution is -2.31. The monoisotopic (exact) mass is 263 g/mol. The average Bonchev–Trinajstić information content (AvgIpc) is 2.92. The lowest BCUT2D eigenvalue weighted by molar-refractivity contribution is -0.139. The third-order valence-electron chi connectivity index (χ3n) is 2.60. The first-order valence-electron chi connectivity index (χ1n) is 5.14. The molecule has 0 heterocycles. The SMILES string of the molecule is CCCC1CC1NCC(Br)C(=O)OC. The lowest BCUT2D eigenvalue weighted by Gasteiger charge is -2.08. The van der Waals surface area contributed by atoms with Crippen LogP contribution in [0.15, 0.2) is 0 Å². The number of hydrogen-bond donors (Lipinski definition) is 1. The largest absolute Gasteiger partial charge is 0.468 e. The zero-order valence-electron chi connectivity index (χ0n) is 8.75. The lowest BCUT2D eigenvalue weighted by atomic mass is 10.2. The first kappa shape index (κ1) is 12.0. The van der Waals surface area contributed by atoms with Gasteiger partial charge in [-0.2, -0.15) is 0 Å². The molecule has 0 aromatic heterocycles. The number of esters is 1. The van der Waals surface area contributed by atoms with Gasteiger partial charge in [-0.3, -0.25) is 4.79 Å². The van der Waals surface area contributed by atoms with Crippen molar-refractivity contribution in [3.05, 3.63) is 0 Å². The van der Waals surface area contributed by atoms with Gasteiger partial charge in [0.1, 0.15) is 4.83 Å². The zero-order valence-corrected chi connectivity index (χ0v) is 10.3. The van der Waals surface area contributed by atoms with Crippen LogP contribution in [0.3, 0.4) is 0 Å². The van der Waals surface area contributed by atoms with Crippen LogP contribution in [0.4, 0.5) is 0 Å². The maximum absolute atomic E-state index is 11.0. The summed E-state index contributed by atoms with van der Waals surface area (Å²) in [6, 6.07) is 0.625. The third kappa shape index (κ3) is 3.58. The Hall–Kier alpha value is -0.0900. The Morgan fingerprint density at radius 1 is 1.71 bits per heavy atom. The minimum absolute atomic E-state index is 0.204. The van der Waals surface area contributed by atoms with Crippen molar-refractivity contribution in [3.63, 3.8) is 0 Å². The Kier molecular flexibility index (Phi) is 4.89. The molecule has 0 bridgehead atoms. The first-order valence-corrected chi connectivity index (χ1v) is 6.05. The van der Waals surface area contributed by atoms with Crippen molar-refractivity contribution in [3.8, 4) is 0 Å². The smallest absolute Gasteiger partial charge is 0.320 e. The second-order valence-electron chi connectivity index (χ2n) is 3.79. The van der Waals surface area contributed by atoms with E-state index in [9.17, 15) is 4.79 Å². The molecule has 1 aliphatic rings. The molecule has 3 unspecified atom stereocenters. The van der Waals surface area contributed by atoms with Crippen molar-refractivity contribution in [1.29, 1.82) is 0 Å². The van der Waals surface area contributed by atoms with Gasteiger partial charge in [-0.15, -0.1) is 0 Å². The fraction of sp³-hybridized carbons (Fsp3) is 0.900. The Balaban J connectivity index is 2.07. The van der Waals surface area contributed by atoms with Gasteiger partial charge in [0.15, 0.2) is 0 Å². The molecule has 0 aromatic rings. The van der Waals surface area contributed by atoms with Crippen LogP contribution in [0.2, 0.25) is 0 Å². The van der Waals surface area contributed by atoms with E-state index < -0.39 is 0 Å². The summed E-state index contributed by atoms with van der Waals surface area (Å²) in [7, 11) is 1.41. The van der Waals surface area contributed by atoms with Crippen LogP contribution in [-0.2, 0) is 9.53 Å². The fourth-order valence-corrected chi connectivity index (χ4v) is 2.03. The van der Waals surface area contributed by atoms with Crippen molar-refractivity contribution in [1.82, 2.24) is 5.32 Å². The molecule has 0 aromatic carbocycles. The molecule has 0 radical (unpaired) electrons. The summed E-state index contributed by atoms with van der Waals surface area (Å²) < 4.78 is 4.61. The van der Waals surface area contributed by atoms with E-state index in [1.54, 1.807) is 0 Å². The quantitative estimate of drug-likeness (QED) is 0.586. The Bertz CT molecular complexity index is 199. The van der Waals surface area contributed by atoms with E-state index in [2.05, 4.69) is 32.9 Å². The summed E-state index contributed by atoms with van der Waals surface area (Å²) in [5.41, 5.74) is 0. The molecule has 1 N–H and O–H groups in total. The maximum Gasteiger partial charge on any atom is 0.320 e. The molecule has 1 aliphatic carbocycles. The molecule has 82 valence electrons. The maximum atomic E-state index is 11.0. The van der Waals surface area contributed by atoms with Crippen molar-refractivity contribution >= 4 is 21.9 Å². The van der Waals surface area contributed by atoms with Crippen LogP contribution in [0, 0.1) is 5.92 Å². The Morgan fingerprint density at radius 3 is 3.00 bits per heavy atom. The van der Waals surface area contributed by atoms with Gasteiger partial charge in [-0.05, 0) is 18.8 Å². The highest BCUT2D eigenvalue weighted by Gasteiger charge is 2.36. The van der Waals surface area contributed by atoms with Crippen LogP contribution in [0.5, 0.6) is 0 Å². The molecule has 3 nitrogen and oxygen atoms in total. The minimum Gasteiger partial charge on any atom is -0.468 e. The van der Waals surface area contributed by atoms with E-state index in [1.165, 1.54) is 26.4 Å². The number of nitrogens with one attached hydrogen (secondary N) is 1. The van der Waals surface area contributed by atoms with Crippen molar-refractivity contribution in [2.75, 3.05) is 13.7 Å². The van der Waals surface area contributed by atoms with E-state index >= 15 is 0 Å². The standard InChI is InChI=1S/C10H18BrNO2/c1-3-4-7-5-9(7)12-6-8(11)10(13)14-2/h7-9,12H,3-6H2,1-2H3. The van der Waals surface area contributed by atoms with Gasteiger partial charge in [-0.25, -0.2) is 0 Å². The summed E-state index contributed by atoms with van der Waals surface area (Å²) in [5.74, 6) is 0.627. The molecule has 0 saturated heterocycles. The topological polar surface area (TPSA) is 38.3 Å². The second kappa shape index (κ2) is 5.71. The number of carbonyl (C=O) groups excluding carboxylic acids is 1. The van der Waals surface area contributed by atoms with Crippen LogP contribution in [0.1, 0.15) is 26.2 Å². The molecular weight excluding hydrogens is 246 g/mol. The molecular formula is C10H18BrNO2. The van der Waals surface area contributed by atoms with E-state index in [4.69, 9.17) is 0 Å². The normalized spacial score (nSPS) is 27.1. The molecule has 0 spiro atoms. The molecule has 3 atom stereocenters. The summed E-state index contributed by atoms with van der Waals surface area (Å²) in [6.07, 6.45) is 3.80. The van der Waals surface area contributed by atoms with Crippen molar-refractivity contribution in [2.45, 2.75) is 37.1 Å². The van der Waals surface area contributed by atoms with Crippen LogP contribution < -0.4 is 5.32 Å². The van der Waals surface area contributed by atoms with Gasteiger partial charge < -0.3 is 10.1 Å². The van der Waals surface area contributed by atoms with Crippen LogP contribution >= 0.6 is 15.9 Å². The molecule has 0 amide bonds. The van der Waals surface area contributed by atoms with E-state index in [0.717, 1.165) is 5.92 Å². The molecule has 4 heteroatoms. The number of ether oxygens (including phenoxy) is 1. The van der Waals surface area contributed by atoms with E-state index in [1.807, 2.05) is 0 Å². The predicted octanol–water partition coefficient (Wildman–Crippen LogP) is 1.70. The van der Waals surface area contributed by atoms with E-state index in [-0.39, 0.29) is 10.8 Å². The van der Waals surface area contributed by atoms with Gasteiger partial charge in [0, 0.05) is 12.6 Å². The zero-order chi connectivity index (χ0) is 10.6. The molecule has 1 saturated carbocycles.